The summed E-state index contributed by atoms with van der Waals surface area (Å²) < 4.78 is 5.11. The molecule has 1 aliphatic carbocycles. The minimum atomic E-state index is -0.556. The van der Waals surface area contributed by atoms with Gasteiger partial charge < -0.3 is 10.1 Å². The maximum Gasteiger partial charge on any atom is 0.312 e. The van der Waals surface area contributed by atoms with Crippen LogP contribution in [0.4, 0.5) is 0 Å². The summed E-state index contributed by atoms with van der Waals surface area (Å²) in [5.74, 6) is 0.148. The summed E-state index contributed by atoms with van der Waals surface area (Å²) in [7, 11) is 0. The maximum absolute atomic E-state index is 12.1. The lowest BCUT2D eigenvalue weighted by atomic mass is 9.78. The number of hydrogen-bond donors (Lipinski definition) is 2. The van der Waals surface area contributed by atoms with Gasteiger partial charge in [-0.1, -0.05) is 44.9 Å². The molecule has 7 nitrogen and oxygen atoms in total. The lowest BCUT2D eigenvalue weighted by Gasteiger charge is -2.34. The number of aromatic amines is 1. The Morgan fingerprint density at radius 3 is 2.74 bits per heavy atom. The highest BCUT2D eigenvalue weighted by Gasteiger charge is 2.28. The lowest BCUT2D eigenvalue weighted by Crippen LogP contribution is -2.45. The fraction of sp³-hybridized carbons (Fsp3) is 0.500. The Bertz CT molecular complexity index is 892. The number of fused-ring (bicyclic) bond motifs is 1. The molecule has 0 radical (unpaired) electrons. The minimum absolute atomic E-state index is 0.110. The van der Waals surface area contributed by atoms with Crippen LogP contribution in [0.3, 0.4) is 0 Å². The van der Waals surface area contributed by atoms with E-state index in [1.807, 2.05) is 0 Å². The standard InChI is InChI=1S/C20H25N3O4/c1-12-6-5-9-16(13(12)2)21-18(24)11-27-19(25)10-17-14-7-3-4-8-15(14)20(26)23-22-17/h3-4,7-8,12-13,16H,5-6,9-11H2,1-2H3,(H,21,24)(H,23,26)/t12-,13-,16-/m1/s1. The molecule has 1 fully saturated rings. The molecular formula is C20H25N3O4. The number of nitrogens with one attached hydrogen (secondary N) is 2. The van der Waals surface area contributed by atoms with Gasteiger partial charge in [-0.15, -0.1) is 0 Å². The van der Waals surface area contributed by atoms with Gasteiger partial charge in [-0.05, 0) is 24.3 Å². The first-order chi connectivity index (χ1) is 13.0. The van der Waals surface area contributed by atoms with E-state index in [0.29, 0.717) is 28.3 Å². The Balaban J connectivity index is 1.55. The number of hydrogen-bond acceptors (Lipinski definition) is 5. The Morgan fingerprint density at radius 2 is 1.96 bits per heavy atom. The monoisotopic (exact) mass is 371 g/mol. The van der Waals surface area contributed by atoms with E-state index in [1.54, 1.807) is 24.3 Å². The van der Waals surface area contributed by atoms with Crippen molar-refractivity contribution >= 4 is 22.6 Å². The van der Waals surface area contributed by atoms with Gasteiger partial charge in [-0.3, -0.25) is 14.4 Å². The molecular weight excluding hydrogens is 346 g/mol. The first-order valence-corrected chi connectivity index (χ1v) is 9.37. The SMILES string of the molecule is C[C@@H]1[C@H](C)CCC[C@H]1NC(=O)COC(=O)Cc1n[nH]c(=O)c2ccccc12. The summed E-state index contributed by atoms with van der Waals surface area (Å²) in [4.78, 5) is 36.0. The van der Waals surface area contributed by atoms with Crippen molar-refractivity contribution in [2.75, 3.05) is 6.61 Å². The van der Waals surface area contributed by atoms with E-state index in [0.717, 1.165) is 12.8 Å². The van der Waals surface area contributed by atoms with Crippen molar-refractivity contribution in [2.45, 2.75) is 45.6 Å². The average Bonchev–Trinajstić information content (AvgIpc) is 2.66. The highest BCUT2D eigenvalue weighted by Crippen LogP contribution is 2.29. The molecule has 0 bridgehead atoms. The van der Waals surface area contributed by atoms with Gasteiger partial charge in [-0.25, -0.2) is 5.10 Å². The van der Waals surface area contributed by atoms with E-state index in [4.69, 9.17) is 4.74 Å². The molecule has 3 atom stereocenters. The highest BCUT2D eigenvalue weighted by atomic mass is 16.5. The van der Waals surface area contributed by atoms with E-state index in [2.05, 4.69) is 29.4 Å². The second kappa shape index (κ2) is 8.33. The molecule has 7 heteroatoms. The van der Waals surface area contributed by atoms with Gasteiger partial charge in [0, 0.05) is 11.4 Å². The summed E-state index contributed by atoms with van der Waals surface area (Å²) in [6.07, 6.45) is 3.13. The normalized spacial score (nSPS) is 22.4. The topological polar surface area (TPSA) is 101 Å². The van der Waals surface area contributed by atoms with Crippen molar-refractivity contribution in [1.82, 2.24) is 15.5 Å². The number of amides is 1. The fourth-order valence-corrected chi connectivity index (χ4v) is 3.67. The van der Waals surface area contributed by atoms with Crippen molar-refractivity contribution < 1.29 is 14.3 Å². The van der Waals surface area contributed by atoms with Crippen molar-refractivity contribution in [3.8, 4) is 0 Å². The van der Waals surface area contributed by atoms with Crippen molar-refractivity contribution in [3.63, 3.8) is 0 Å². The zero-order valence-electron chi connectivity index (χ0n) is 15.7. The van der Waals surface area contributed by atoms with Crippen LogP contribution in [0, 0.1) is 11.8 Å². The summed E-state index contributed by atoms with van der Waals surface area (Å²) >= 11 is 0. The molecule has 1 amide bonds. The summed E-state index contributed by atoms with van der Waals surface area (Å²) in [6.45, 7) is 4.04. The molecule has 144 valence electrons. The van der Waals surface area contributed by atoms with Crippen LogP contribution in [-0.4, -0.2) is 34.7 Å². The molecule has 2 N–H and O–H groups in total. The second-order valence-electron chi connectivity index (χ2n) is 7.32. The van der Waals surface area contributed by atoms with Crippen molar-refractivity contribution in [1.29, 1.82) is 0 Å². The van der Waals surface area contributed by atoms with Crippen LogP contribution in [-0.2, 0) is 20.7 Å². The van der Waals surface area contributed by atoms with Crippen LogP contribution < -0.4 is 10.9 Å². The third kappa shape index (κ3) is 4.53. The van der Waals surface area contributed by atoms with Crippen LogP contribution in [0.25, 0.3) is 10.8 Å². The number of carbonyl (C=O) groups is 2. The Hall–Kier alpha value is -2.70. The molecule has 0 spiro atoms. The van der Waals surface area contributed by atoms with Gasteiger partial charge in [0.1, 0.15) is 0 Å². The first kappa shape index (κ1) is 19.1. The van der Waals surface area contributed by atoms with Gasteiger partial charge in [0.25, 0.3) is 11.5 Å². The molecule has 2 aromatic rings. The summed E-state index contributed by atoms with van der Waals surface area (Å²) in [6, 6.07) is 7.06. The van der Waals surface area contributed by atoms with E-state index in [-0.39, 0.29) is 30.5 Å². The Kier molecular flexibility index (Phi) is 5.88. The highest BCUT2D eigenvalue weighted by molar-refractivity contribution is 5.87. The van der Waals surface area contributed by atoms with Gasteiger partial charge in [-0.2, -0.15) is 5.10 Å². The van der Waals surface area contributed by atoms with Crippen LogP contribution in [0.1, 0.15) is 38.8 Å². The predicted molar refractivity (Wildman–Crippen MR) is 101 cm³/mol. The predicted octanol–water partition coefficient (Wildman–Crippen LogP) is 1.95. The molecule has 27 heavy (non-hydrogen) atoms. The zero-order chi connectivity index (χ0) is 19.4. The van der Waals surface area contributed by atoms with Gasteiger partial charge in [0.2, 0.25) is 0 Å². The second-order valence-corrected chi connectivity index (χ2v) is 7.32. The fourth-order valence-electron chi connectivity index (χ4n) is 3.67. The van der Waals surface area contributed by atoms with Gasteiger partial charge >= 0.3 is 5.97 Å². The largest absolute Gasteiger partial charge is 0.455 e. The number of benzene rings is 1. The van der Waals surface area contributed by atoms with E-state index in [1.165, 1.54) is 6.42 Å². The molecule has 0 saturated heterocycles. The first-order valence-electron chi connectivity index (χ1n) is 9.37. The summed E-state index contributed by atoms with van der Waals surface area (Å²) in [5.41, 5.74) is 0.114. The number of esters is 1. The Morgan fingerprint density at radius 1 is 1.22 bits per heavy atom. The minimum Gasteiger partial charge on any atom is -0.455 e. The molecule has 0 aliphatic heterocycles. The van der Waals surface area contributed by atoms with E-state index < -0.39 is 5.97 Å². The van der Waals surface area contributed by atoms with Gasteiger partial charge in [0.05, 0.1) is 17.5 Å². The third-order valence-corrected chi connectivity index (χ3v) is 5.50. The molecule has 1 heterocycles. The smallest absolute Gasteiger partial charge is 0.312 e. The number of nitrogens with zero attached hydrogens (tertiary/aromatic N) is 1. The molecule has 3 rings (SSSR count). The molecule has 1 aromatic carbocycles. The van der Waals surface area contributed by atoms with Crippen LogP contribution in [0.2, 0.25) is 0 Å². The van der Waals surface area contributed by atoms with E-state index >= 15 is 0 Å². The van der Waals surface area contributed by atoms with Crippen LogP contribution in [0.15, 0.2) is 29.1 Å². The molecule has 1 saturated carbocycles. The summed E-state index contributed by atoms with van der Waals surface area (Å²) in [5, 5.41) is 10.4. The number of rotatable bonds is 5. The molecule has 1 aliphatic rings. The van der Waals surface area contributed by atoms with Crippen LogP contribution >= 0.6 is 0 Å². The lowest BCUT2D eigenvalue weighted by molar-refractivity contribution is -0.148. The molecule has 1 aromatic heterocycles. The third-order valence-electron chi connectivity index (χ3n) is 5.50. The number of ether oxygens (including phenoxy) is 1. The zero-order valence-corrected chi connectivity index (χ0v) is 15.7. The number of carbonyl (C=O) groups excluding carboxylic acids is 2. The average molecular weight is 371 g/mol. The van der Waals surface area contributed by atoms with Crippen molar-refractivity contribution in [2.24, 2.45) is 11.8 Å². The van der Waals surface area contributed by atoms with Crippen LogP contribution in [0.5, 0.6) is 0 Å². The quantitative estimate of drug-likeness (QED) is 0.783. The number of aromatic nitrogens is 2. The van der Waals surface area contributed by atoms with Gasteiger partial charge in [0.15, 0.2) is 6.61 Å². The van der Waals surface area contributed by atoms with Crippen molar-refractivity contribution in [3.05, 3.63) is 40.3 Å². The maximum atomic E-state index is 12.1. The number of H-pyrrole nitrogens is 1. The van der Waals surface area contributed by atoms with E-state index in [9.17, 15) is 14.4 Å². The molecule has 0 unspecified atom stereocenters. The Labute approximate surface area is 157 Å².